The Morgan fingerprint density at radius 1 is 0.337 bits per heavy atom. The molecule has 0 spiro atoms. The standard InChI is InChI=1S/C77H147NO5/c1-3-5-7-9-11-13-15-17-19-21-22-23-24-25-28-31-34-38-41-45-49-53-57-61-65-69-75(80)74(73-79)78-76(81)70-66-62-58-54-50-46-42-39-35-32-29-26-27-30-33-36-40-44-48-52-56-60-64-68-72-83-77(82)71-67-63-59-55-51-47-43-37-20-18-16-14-12-10-8-6-4-2/h12,14,18,20,29,32,74-75,79-80H,3-11,13,15-17,19,21-28,30-31,33-73H2,1-2H3,(H,78,81)/b14-12-,20-18-,32-29-. The average molecular weight is 1170 g/mol. The van der Waals surface area contributed by atoms with Gasteiger partial charge in [-0.2, -0.15) is 0 Å². The summed E-state index contributed by atoms with van der Waals surface area (Å²) < 4.78 is 5.50. The van der Waals surface area contributed by atoms with Gasteiger partial charge in [-0.1, -0.05) is 359 Å². The fourth-order valence-electron chi connectivity index (χ4n) is 11.9. The molecule has 0 aliphatic heterocycles. The highest BCUT2D eigenvalue weighted by Gasteiger charge is 2.20. The van der Waals surface area contributed by atoms with E-state index in [-0.39, 0.29) is 18.5 Å². The molecule has 0 aromatic rings. The number of amides is 1. The topological polar surface area (TPSA) is 95.9 Å². The van der Waals surface area contributed by atoms with Crippen LogP contribution in [0.3, 0.4) is 0 Å². The molecule has 0 saturated heterocycles. The number of carbonyl (C=O) groups is 2. The van der Waals surface area contributed by atoms with Crippen molar-refractivity contribution in [1.82, 2.24) is 5.32 Å². The zero-order valence-corrected chi connectivity index (χ0v) is 56.2. The number of carbonyl (C=O) groups excluding carboxylic acids is 2. The number of ether oxygens (including phenoxy) is 1. The second kappa shape index (κ2) is 72.6. The van der Waals surface area contributed by atoms with Crippen LogP contribution in [0.1, 0.15) is 418 Å². The molecule has 2 unspecified atom stereocenters. The summed E-state index contributed by atoms with van der Waals surface area (Å²) in [5.74, 6) is -0.0291. The molecule has 0 aliphatic carbocycles. The van der Waals surface area contributed by atoms with Crippen LogP contribution in [0.25, 0.3) is 0 Å². The Bertz CT molecular complexity index is 1340. The van der Waals surface area contributed by atoms with Gasteiger partial charge in [0.05, 0.1) is 25.4 Å². The van der Waals surface area contributed by atoms with Crippen LogP contribution in [0.5, 0.6) is 0 Å². The van der Waals surface area contributed by atoms with Crippen molar-refractivity contribution >= 4 is 11.9 Å². The normalized spacial score (nSPS) is 12.7. The van der Waals surface area contributed by atoms with Crippen molar-refractivity contribution < 1.29 is 24.5 Å². The van der Waals surface area contributed by atoms with Gasteiger partial charge in [-0.25, -0.2) is 0 Å². The van der Waals surface area contributed by atoms with Gasteiger partial charge in [-0.3, -0.25) is 9.59 Å². The van der Waals surface area contributed by atoms with E-state index in [4.69, 9.17) is 4.74 Å². The number of hydrogen-bond acceptors (Lipinski definition) is 5. The molecule has 3 N–H and O–H groups in total. The lowest BCUT2D eigenvalue weighted by molar-refractivity contribution is -0.143. The highest BCUT2D eigenvalue weighted by atomic mass is 16.5. The van der Waals surface area contributed by atoms with Gasteiger partial charge in [0, 0.05) is 12.8 Å². The first-order valence-corrected chi connectivity index (χ1v) is 37.7. The summed E-state index contributed by atoms with van der Waals surface area (Å²) in [6, 6.07) is -0.547. The number of esters is 1. The number of unbranched alkanes of at least 4 members (excludes halogenated alkanes) is 54. The molecule has 0 rings (SSSR count). The number of aliphatic hydroxyl groups is 2. The molecule has 6 nitrogen and oxygen atoms in total. The quantitative estimate of drug-likeness (QED) is 0.0320. The average Bonchev–Trinajstić information content (AvgIpc) is 3.49. The molecule has 0 aromatic carbocycles. The van der Waals surface area contributed by atoms with E-state index < -0.39 is 12.1 Å². The molecule has 0 bridgehead atoms. The SMILES string of the molecule is CCCCC/C=C\C/C=C\CCCCCCCCCC(=O)OCCCCCCCCCCCCCC/C=C\CCCCCCCCCCC(=O)NC(CO)C(O)CCCCCCCCCCCCCCCCCCCCCCCCCCC. The summed E-state index contributed by atoms with van der Waals surface area (Å²) >= 11 is 0. The highest BCUT2D eigenvalue weighted by Crippen LogP contribution is 2.19. The van der Waals surface area contributed by atoms with E-state index in [1.54, 1.807) is 0 Å². The number of nitrogens with one attached hydrogen (secondary N) is 1. The lowest BCUT2D eigenvalue weighted by atomic mass is 10.0. The van der Waals surface area contributed by atoms with Crippen LogP contribution < -0.4 is 5.32 Å². The minimum absolute atomic E-state index is 0.00564. The van der Waals surface area contributed by atoms with Crippen molar-refractivity contribution in [1.29, 1.82) is 0 Å². The van der Waals surface area contributed by atoms with Crippen LogP contribution in [0.4, 0.5) is 0 Å². The van der Waals surface area contributed by atoms with Gasteiger partial charge >= 0.3 is 5.97 Å². The van der Waals surface area contributed by atoms with Crippen LogP contribution in [0.2, 0.25) is 0 Å². The third-order valence-electron chi connectivity index (χ3n) is 17.7. The second-order valence-corrected chi connectivity index (χ2v) is 26.0. The molecule has 0 aliphatic rings. The number of allylic oxidation sites excluding steroid dienone is 6. The smallest absolute Gasteiger partial charge is 0.305 e. The van der Waals surface area contributed by atoms with E-state index in [0.717, 1.165) is 51.4 Å². The van der Waals surface area contributed by atoms with E-state index in [2.05, 4.69) is 55.6 Å². The largest absolute Gasteiger partial charge is 0.466 e. The van der Waals surface area contributed by atoms with Crippen molar-refractivity contribution in [2.75, 3.05) is 13.2 Å². The summed E-state index contributed by atoms with van der Waals surface area (Å²) in [5.41, 5.74) is 0. The van der Waals surface area contributed by atoms with Crippen LogP contribution in [0.15, 0.2) is 36.5 Å². The summed E-state index contributed by atoms with van der Waals surface area (Å²) in [6.07, 6.45) is 93.5. The summed E-state index contributed by atoms with van der Waals surface area (Å²) in [4.78, 5) is 24.7. The summed E-state index contributed by atoms with van der Waals surface area (Å²) in [5, 5.41) is 23.5. The summed E-state index contributed by atoms with van der Waals surface area (Å²) in [6.45, 7) is 4.96. The van der Waals surface area contributed by atoms with Crippen molar-refractivity contribution in [2.45, 2.75) is 431 Å². The maximum absolute atomic E-state index is 12.6. The predicted molar refractivity (Wildman–Crippen MR) is 366 cm³/mol. The van der Waals surface area contributed by atoms with Gasteiger partial charge in [0.25, 0.3) is 0 Å². The molecule has 0 fully saturated rings. The Hall–Kier alpha value is -1.92. The molecule has 490 valence electrons. The minimum Gasteiger partial charge on any atom is -0.466 e. The second-order valence-electron chi connectivity index (χ2n) is 26.0. The van der Waals surface area contributed by atoms with Crippen molar-refractivity contribution in [3.63, 3.8) is 0 Å². The monoisotopic (exact) mass is 1170 g/mol. The van der Waals surface area contributed by atoms with Crippen LogP contribution >= 0.6 is 0 Å². The molecule has 0 radical (unpaired) electrons. The third kappa shape index (κ3) is 69.1. The molecule has 2 atom stereocenters. The zero-order chi connectivity index (χ0) is 59.9. The van der Waals surface area contributed by atoms with Crippen molar-refractivity contribution in [2.24, 2.45) is 0 Å². The fourth-order valence-corrected chi connectivity index (χ4v) is 11.9. The van der Waals surface area contributed by atoms with Crippen LogP contribution in [0, 0.1) is 0 Å². The number of aliphatic hydroxyl groups excluding tert-OH is 2. The first kappa shape index (κ1) is 81.1. The Balaban J connectivity index is 3.40. The van der Waals surface area contributed by atoms with Gasteiger partial charge in [-0.15, -0.1) is 0 Å². The molecule has 0 saturated carbocycles. The van der Waals surface area contributed by atoms with Crippen LogP contribution in [-0.2, 0) is 14.3 Å². The van der Waals surface area contributed by atoms with E-state index >= 15 is 0 Å². The van der Waals surface area contributed by atoms with E-state index in [1.807, 2.05) is 0 Å². The maximum Gasteiger partial charge on any atom is 0.305 e. The van der Waals surface area contributed by atoms with Gasteiger partial charge in [0.2, 0.25) is 5.91 Å². The number of hydrogen-bond donors (Lipinski definition) is 3. The fraction of sp³-hybridized carbons (Fsp3) is 0.896. The highest BCUT2D eigenvalue weighted by molar-refractivity contribution is 5.76. The lowest BCUT2D eigenvalue weighted by Gasteiger charge is -2.22. The molecular weight excluding hydrogens is 1020 g/mol. The van der Waals surface area contributed by atoms with Gasteiger partial charge in [0.1, 0.15) is 0 Å². The van der Waals surface area contributed by atoms with E-state index in [0.29, 0.717) is 25.9 Å². The van der Waals surface area contributed by atoms with Crippen LogP contribution in [-0.4, -0.2) is 47.4 Å². The third-order valence-corrected chi connectivity index (χ3v) is 17.7. The first-order chi connectivity index (χ1) is 41.0. The van der Waals surface area contributed by atoms with E-state index in [9.17, 15) is 19.8 Å². The van der Waals surface area contributed by atoms with Gasteiger partial charge in [0.15, 0.2) is 0 Å². The van der Waals surface area contributed by atoms with Gasteiger partial charge < -0.3 is 20.3 Å². The molecule has 1 amide bonds. The number of rotatable bonds is 71. The first-order valence-electron chi connectivity index (χ1n) is 37.7. The van der Waals surface area contributed by atoms with Gasteiger partial charge in [-0.05, 0) is 83.5 Å². The molecule has 0 aromatic heterocycles. The molecule has 6 heteroatoms. The van der Waals surface area contributed by atoms with Crippen molar-refractivity contribution in [3.8, 4) is 0 Å². The molecule has 0 heterocycles. The van der Waals surface area contributed by atoms with E-state index in [1.165, 1.54) is 334 Å². The Labute approximate surface area is 519 Å². The molecule has 83 heavy (non-hydrogen) atoms. The Morgan fingerprint density at radius 3 is 0.952 bits per heavy atom. The Morgan fingerprint density at radius 2 is 0.602 bits per heavy atom. The minimum atomic E-state index is -0.669. The maximum atomic E-state index is 12.6. The lowest BCUT2D eigenvalue weighted by Crippen LogP contribution is -2.45. The molecular formula is C77H147NO5. The van der Waals surface area contributed by atoms with Crippen molar-refractivity contribution in [3.05, 3.63) is 36.5 Å². The predicted octanol–water partition coefficient (Wildman–Crippen LogP) is 24.7. The Kier molecular flexibility index (Phi) is 70.9. The summed E-state index contributed by atoms with van der Waals surface area (Å²) in [7, 11) is 0. The zero-order valence-electron chi connectivity index (χ0n) is 56.2.